The van der Waals surface area contributed by atoms with Crippen molar-refractivity contribution in [1.29, 1.82) is 0 Å². The second-order valence-electron chi connectivity index (χ2n) is 8.82. The summed E-state index contributed by atoms with van der Waals surface area (Å²) in [6.07, 6.45) is 4.40. The SMILES string of the molecule is O=C(CCCCCN1C(=O)C(=Cc2cc(-c3ccc(F)c(F)c3)cs2)SC1=S)OCCN1CCNCC1. The Morgan fingerprint density at radius 1 is 1.08 bits per heavy atom. The highest BCUT2D eigenvalue weighted by molar-refractivity contribution is 8.26. The van der Waals surface area contributed by atoms with Gasteiger partial charge in [0.2, 0.25) is 0 Å². The van der Waals surface area contributed by atoms with E-state index < -0.39 is 11.6 Å². The maximum atomic E-state index is 13.6. The third-order valence-corrected chi connectivity index (χ3v) is 8.42. The molecule has 0 spiro atoms. The van der Waals surface area contributed by atoms with E-state index in [-0.39, 0.29) is 11.9 Å². The number of carbonyl (C=O) groups is 2. The molecule has 1 aromatic carbocycles. The van der Waals surface area contributed by atoms with Crippen LogP contribution in [0.2, 0.25) is 0 Å². The molecule has 2 aliphatic heterocycles. The highest BCUT2D eigenvalue weighted by Crippen LogP contribution is 2.35. The number of thioether (sulfide) groups is 1. The van der Waals surface area contributed by atoms with E-state index in [1.165, 1.54) is 29.2 Å². The molecule has 2 aliphatic rings. The zero-order valence-corrected chi connectivity index (χ0v) is 22.8. The van der Waals surface area contributed by atoms with Crippen molar-refractivity contribution in [2.75, 3.05) is 45.9 Å². The lowest BCUT2D eigenvalue weighted by Crippen LogP contribution is -2.44. The maximum Gasteiger partial charge on any atom is 0.305 e. The minimum atomic E-state index is -0.895. The van der Waals surface area contributed by atoms with Crippen LogP contribution in [0.3, 0.4) is 0 Å². The first-order chi connectivity index (χ1) is 17.9. The van der Waals surface area contributed by atoms with Gasteiger partial charge in [-0.3, -0.25) is 19.4 Å². The summed E-state index contributed by atoms with van der Waals surface area (Å²) < 4.78 is 32.6. The summed E-state index contributed by atoms with van der Waals surface area (Å²) in [5.74, 6) is -2.09. The number of thiophene rings is 1. The number of thiocarbonyl (C=S) groups is 1. The minimum absolute atomic E-state index is 0.134. The van der Waals surface area contributed by atoms with Gasteiger partial charge in [-0.05, 0) is 53.6 Å². The first-order valence-corrected chi connectivity index (χ1v) is 14.4. The van der Waals surface area contributed by atoms with Gasteiger partial charge >= 0.3 is 5.97 Å². The Morgan fingerprint density at radius 3 is 2.68 bits per heavy atom. The summed E-state index contributed by atoms with van der Waals surface area (Å²) in [5, 5.41) is 5.14. The quantitative estimate of drug-likeness (QED) is 0.180. The number of hydrogen-bond acceptors (Lipinski definition) is 8. The number of hydrogen-bond donors (Lipinski definition) is 1. The van der Waals surface area contributed by atoms with Gasteiger partial charge in [-0.2, -0.15) is 0 Å². The van der Waals surface area contributed by atoms with Gasteiger partial charge in [-0.25, -0.2) is 8.78 Å². The summed E-state index contributed by atoms with van der Waals surface area (Å²) in [4.78, 5) is 30.1. The maximum absolute atomic E-state index is 13.6. The van der Waals surface area contributed by atoms with E-state index in [0.717, 1.165) is 68.1 Å². The Balaban J connectivity index is 1.18. The van der Waals surface area contributed by atoms with Crippen molar-refractivity contribution in [1.82, 2.24) is 15.1 Å². The van der Waals surface area contributed by atoms with E-state index in [9.17, 15) is 18.4 Å². The van der Waals surface area contributed by atoms with Gasteiger partial charge in [0.15, 0.2) is 11.6 Å². The molecule has 1 aromatic heterocycles. The lowest BCUT2D eigenvalue weighted by Gasteiger charge is -2.26. The zero-order chi connectivity index (χ0) is 26.2. The number of nitrogens with one attached hydrogen (secondary N) is 1. The average Bonchev–Trinajstić information content (AvgIpc) is 3.46. The average molecular weight is 566 g/mol. The number of esters is 1. The number of benzene rings is 1. The van der Waals surface area contributed by atoms with Crippen LogP contribution in [-0.4, -0.2) is 71.9 Å². The number of rotatable bonds is 11. The van der Waals surface area contributed by atoms with Crippen LogP contribution in [0, 0.1) is 11.6 Å². The molecule has 198 valence electrons. The van der Waals surface area contributed by atoms with Crippen molar-refractivity contribution >= 4 is 57.6 Å². The first kappa shape index (κ1) is 27.8. The highest BCUT2D eigenvalue weighted by Gasteiger charge is 2.31. The van der Waals surface area contributed by atoms with E-state index in [1.54, 1.807) is 11.0 Å². The first-order valence-electron chi connectivity index (χ1n) is 12.3. The van der Waals surface area contributed by atoms with E-state index in [1.807, 2.05) is 11.4 Å². The fourth-order valence-electron chi connectivity index (χ4n) is 4.09. The molecular weight excluding hydrogens is 537 g/mol. The molecule has 0 saturated carbocycles. The topological polar surface area (TPSA) is 61.9 Å². The van der Waals surface area contributed by atoms with Crippen LogP contribution in [0.5, 0.6) is 0 Å². The van der Waals surface area contributed by atoms with Gasteiger partial charge in [-0.15, -0.1) is 11.3 Å². The van der Waals surface area contributed by atoms with E-state index >= 15 is 0 Å². The molecule has 0 aliphatic carbocycles. The third-order valence-electron chi connectivity index (χ3n) is 6.16. The standard InChI is InChI=1S/C26H29F2N3O3S3/c27-21-6-5-18(15-22(21)28)19-14-20(36-17-19)16-23-25(33)31(26(35)37-23)9-3-1-2-4-24(32)34-13-12-30-10-7-29-8-11-30/h5-6,14-17,29H,1-4,7-13H2. The van der Waals surface area contributed by atoms with E-state index in [2.05, 4.69) is 10.2 Å². The van der Waals surface area contributed by atoms with Crippen molar-refractivity contribution in [2.45, 2.75) is 25.7 Å². The summed E-state index contributed by atoms with van der Waals surface area (Å²) in [6.45, 7) is 5.61. The Kier molecular flexibility index (Phi) is 10.2. The van der Waals surface area contributed by atoms with Crippen molar-refractivity contribution in [3.8, 4) is 11.1 Å². The van der Waals surface area contributed by atoms with Crippen LogP contribution >= 0.6 is 35.3 Å². The highest BCUT2D eigenvalue weighted by atomic mass is 32.2. The molecule has 2 fully saturated rings. The van der Waals surface area contributed by atoms with Crippen molar-refractivity contribution in [2.24, 2.45) is 0 Å². The Morgan fingerprint density at radius 2 is 1.89 bits per heavy atom. The second kappa shape index (κ2) is 13.6. The molecule has 1 amide bonds. The van der Waals surface area contributed by atoms with E-state index in [4.69, 9.17) is 17.0 Å². The number of amides is 1. The lowest BCUT2D eigenvalue weighted by molar-refractivity contribution is -0.144. The Labute approximate surface area is 229 Å². The van der Waals surface area contributed by atoms with Gasteiger partial charge < -0.3 is 10.1 Å². The summed E-state index contributed by atoms with van der Waals surface area (Å²) in [7, 11) is 0. The van der Waals surface area contributed by atoms with Crippen molar-refractivity contribution in [3.63, 3.8) is 0 Å². The van der Waals surface area contributed by atoms with Crippen LogP contribution in [0.4, 0.5) is 8.78 Å². The molecule has 37 heavy (non-hydrogen) atoms. The number of halogens is 2. The zero-order valence-electron chi connectivity index (χ0n) is 20.3. The predicted molar refractivity (Wildman–Crippen MR) is 148 cm³/mol. The van der Waals surface area contributed by atoms with Crippen LogP contribution < -0.4 is 5.32 Å². The molecule has 2 aromatic rings. The number of unbranched alkanes of at least 4 members (excludes halogenated alkanes) is 2. The fourth-order valence-corrected chi connectivity index (χ4v) is 6.31. The Bertz CT molecular complexity index is 1160. The lowest BCUT2D eigenvalue weighted by atomic mass is 10.1. The second-order valence-corrected chi connectivity index (χ2v) is 11.4. The van der Waals surface area contributed by atoms with Crippen LogP contribution in [0.1, 0.15) is 30.6 Å². The predicted octanol–water partition coefficient (Wildman–Crippen LogP) is 4.90. The number of ether oxygens (including phenoxy) is 1. The van der Waals surface area contributed by atoms with Gasteiger partial charge in [-0.1, -0.05) is 36.5 Å². The van der Waals surface area contributed by atoms with Gasteiger partial charge in [0.05, 0.1) is 4.91 Å². The van der Waals surface area contributed by atoms with Crippen LogP contribution in [-0.2, 0) is 14.3 Å². The van der Waals surface area contributed by atoms with Crippen LogP contribution in [0.15, 0.2) is 34.6 Å². The minimum Gasteiger partial charge on any atom is -0.464 e. The molecule has 1 N–H and O–H groups in total. The van der Waals surface area contributed by atoms with Gasteiger partial charge in [0, 0.05) is 50.6 Å². The normalized spacial score (nSPS) is 17.7. The number of carbonyl (C=O) groups excluding carboxylic acids is 2. The molecule has 0 bridgehead atoms. The van der Waals surface area contributed by atoms with Crippen molar-refractivity contribution in [3.05, 3.63) is 51.1 Å². The molecule has 4 rings (SSSR count). The molecule has 2 saturated heterocycles. The van der Waals surface area contributed by atoms with Gasteiger partial charge in [0.25, 0.3) is 5.91 Å². The van der Waals surface area contributed by atoms with E-state index in [0.29, 0.717) is 40.8 Å². The third kappa shape index (κ3) is 7.90. The molecule has 0 radical (unpaired) electrons. The molecule has 3 heterocycles. The molecule has 0 unspecified atom stereocenters. The smallest absolute Gasteiger partial charge is 0.305 e. The largest absolute Gasteiger partial charge is 0.464 e. The monoisotopic (exact) mass is 565 g/mol. The summed E-state index contributed by atoms with van der Waals surface area (Å²) >= 11 is 8.09. The molecule has 0 atom stereocenters. The molecule has 11 heteroatoms. The molecular formula is C26H29F2N3O3S3. The Hall–Kier alpha value is -2.18. The molecule has 6 nitrogen and oxygen atoms in total. The fraction of sp³-hybridized carbons (Fsp3) is 0.423. The van der Waals surface area contributed by atoms with Crippen molar-refractivity contribution < 1.29 is 23.1 Å². The summed E-state index contributed by atoms with van der Waals surface area (Å²) in [5.41, 5.74) is 1.33. The number of nitrogens with zero attached hydrogens (tertiary/aromatic N) is 2. The number of piperazine rings is 1. The van der Waals surface area contributed by atoms with Crippen LogP contribution in [0.25, 0.3) is 17.2 Å². The van der Waals surface area contributed by atoms with Gasteiger partial charge in [0.1, 0.15) is 10.9 Å². The summed E-state index contributed by atoms with van der Waals surface area (Å²) in [6, 6.07) is 5.63.